The molecular weight excluding hydrogens is 300 g/mol. The Kier molecular flexibility index (Phi) is 4.20. The molecule has 1 amide bonds. The molecule has 3 aromatic rings. The van der Waals surface area contributed by atoms with Gasteiger partial charge in [0.25, 0.3) is 5.91 Å². The minimum atomic E-state index is -0.107. The molecule has 3 rings (SSSR count). The van der Waals surface area contributed by atoms with Gasteiger partial charge in [0.15, 0.2) is 5.76 Å². The Bertz CT molecular complexity index is 748. The molecule has 0 aliphatic heterocycles. The molecule has 2 aromatic heterocycles. The highest BCUT2D eigenvalue weighted by molar-refractivity contribution is 7.12. The number of methoxy groups -OCH3 is 1. The van der Waals surface area contributed by atoms with Gasteiger partial charge in [-0.05, 0) is 35.7 Å². The van der Waals surface area contributed by atoms with Gasteiger partial charge < -0.3 is 14.6 Å². The van der Waals surface area contributed by atoms with Gasteiger partial charge in [-0.25, -0.2) is 0 Å². The third-order valence-electron chi connectivity index (χ3n) is 3.11. The molecule has 0 bridgehead atoms. The third kappa shape index (κ3) is 3.17. The van der Waals surface area contributed by atoms with Gasteiger partial charge in [0.1, 0.15) is 11.4 Å². The van der Waals surface area contributed by atoms with Crippen molar-refractivity contribution in [3.63, 3.8) is 0 Å². The molecular formula is C16H14N2O3S. The van der Waals surface area contributed by atoms with E-state index in [1.54, 1.807) is 13.2 Å². The van der Waals surface area contributed by atoms with Crippen molar-refractivity contribution in [2.24, 2.45) is 0 Å². The monoisotopic (exact) mass is 314 g/mol. The summed E-state index contributed by atoms with van der Waals surface area (Å²) in [6.07, 6.45) is 0. The first-order chi connectivity index (χ1) is 10.8. The average molecular weight is 314 g/mol. The Morgan fingerprint density at radius 1 is 1.32 bits per heavy atom. The topological polar surface area (TPSA) is 64.4 Å². The zero-order valence-electron chi connectivity index (χ0n) is 11.9. The van der Waals surface area contributed by atoms with E-state index >= 15 is 0 Å². The predicted molar refractivity (Wildman–Crippen MR) is 84.0 cm³/mol. The van der Waals surface area contributed by atoms with Crippen molar-refractivity contribution in [1.82, 2.24) is 10.5 Å². The number of hydrogen-bond donors (Lipinski definition) is 1. The lowest BCUT2D eigenvalue weighted by atomic mass is 10.1. The number of benzene rings is 1. The number of hydrogen-bond acceptors (Lipinski definition) is 5. The molecule has 1 aromatic carbocycles. The van der Waals surface area contributed by atoms with E-state index in [4.69, 9.17) is 9.26 Å². The largest absolute Gasteiger partial charge is 0.497 e. The molecule has 1 N–H and O–H groups in total. The van der Waals surface area contributed by atoms with Crippen LogP contribution in [0.1, 0.15) is 15.4 Å². The average Bonchev–Trinajstić information content (AvgIpc) is 3.24. The first-order valence-electron chi connectivity index (χ1n) is 6.68. The molecule has 0 aliphatic carbocycles. The van der Waals surface area contributed by atoms with Gasteiger partial charge in [-0.15, -0.1) is 11.3 Å². The summed E-state index contributed by atoms with van der Waals surface area (Å²) < 4.78 is 10.4. The highest BCUT2D eigenvalue weighted by Gasteiger charge is 2.10. The van der Waals surface area contributed by atoms with Crippen LogP contribution < -0.4 is 10.1 Å². The highest BCUT2D eigenvalue weighted by Crippen LogP contribution is 2.23. The summed E-state index contributed by atoms with van der Waals surface area (Å²) in [7, 11) is 1.62. The normalized spacial score (nSPS) is 10.4. The maximum atomic E-state index is 11.9. The van der Waals surface area contributed by atoms with Crippen LogP contribution in [0.2, 0.25) is 0 Å². The molecule has 0 saturated heterocycles. The van der Waals surface area contributed by atoms with Crippen LogP contribution in [-0.2, 0) is 6.54 Å². The number of amides is 1. The highest BCUT2D eigenvalue weighted by atomic mass is 32.1. The summed E-state index contributed by atoms with van der Waals surface area (Å²) in [5.41, 5.74) is 1.58. The fourth-order valence-corrected chi connectivity index (χ4v) is 2.59. The van der Waals surface area contributed by atoms with Crippen molar-refractivity contribution < 1.29 is 14.1 Å². The van der Waals surface area contributed by atoms with E-state index in [1.807, 2.05) is 41.8 Å². The lowest BCUT2D eigenvalue weighted by Gasteiger charge is -2.00. The van der Waals surface area contributed by atoms with Crippen LogP contribution in [-0.4, -0.2) is 18.2 Å². The van der Waals surface area contributed by atoms with E-state index in [2.05, 4.69) is 10.5 Å². The SMILES string of the molecule is COc1ccc(-c2cc(CNC(=O)c3cccs3)no2)cc1. The van der Waals surface area contributed by atoms with E-state index in [0.717, 1.165) is 11.3 Å². The number of carbonyl (C=O) groups excluding carboxylic acids is 1. The molecule has 0 saturated carbocycles. The Balaban J connectivity index is 1.64. The molecule has 0 aliphatic rings. The van der Waals surface area contributed by atoms with E-state index in [9.17, 15) is 4.79 Å². The molecule has 0 unspecified atom stereocenters. The molecule has 2 heterocycles. The minimum Gasteiger partial charge on any atom is -0.497 e. The number of thiophene rings is 1. The van der Waals surface area contributed by atoms with Gasteiger partial charge in [-0.2, -0.15) is 0 Å². The number of nitrogens with one attached hydrogen (secondary N) is 1. The van der Waals surface area contributed by atoms with Gasteiger partial charge in [-0.1, -0.05) is 11.2 Å². The third-order valence-corrected chi connectivity index (χ3v) is 3.98. The number of nitrogens with zero attached hydrogens (tertiary/aromatic N) is 1. The van der Waals surface area contributed by atoms with Gasteiger partial charge in [0.2, 0.25) is 0 Å². The van der Waals surface area contributed by atoms with Crippen LogP contribution in [0.4, 0.5) is 0 Å². The lowest BCUT2D eigenvalue weighted by Crippen LogP contribution is -2.21. The summed E-state index contributed by atoms with van der Waals surface area (Å²) in [5.74, 6) is 1.33. The molecule has 0 spiro atoms. The zero-order valence-corrected chi connectivity index (χ0v) is 12.7. The molecule has 5 nitrogen and oxygen atoms in total. The second-order valence-corrected chi connectivity index (χ2v) is 5.52. The quantitative estimate of drug-likeness (QED) is 0.784. The summed E-state index contributed by atoms with van der Waals surface area (Å²) in [6, 6.07) is 13.0. The smallest absolute Gasteiger partial charge is 0.261 e. The molecule has 22 heavy (non-hydrogen) atoms. The fourth-order valence-electron chi connectivity index (χ4n) is 1.95. The van der Waals surface area contributed by atoms with Gasteiger partial charge >= 0.3 is 0 Å². The van der Waals surface area contributed by atoms with E-state index in [-0.39, 0.29) is 5.91 Å². The van der Waals surface area contributed by atoms with Crippen LogP contribution in [0.3, 0.4) is 0 Å². The first-order valence-corrected chi connectivity index (χ1v) is 7.56. The van der Waals surface area contributed by atoms with E-state index < -0.39 is 0 Å². The molecule has 0 fully saturated rings. The summed E-state index contributed by atoms with van der Waals surface area (Å²) in [5, 5.41) is 8.65. The lowest BCUT2D eigenvalue weighted by molar-refractivity contribution is 0.0954. The van der Waals surface area contributed by atoms with Crippen LogP contribution in [0.5, 0.6) is 5.75 Å². The van der Waals surface area contributed by atoms with Crippen LogP contribution in [0, 0.1) is 0 Å². The van der Waals surface area contributed by atoms with Crippen molar-refractivity contribution in [1.29, 1.82) is 0 Å². The Labute approximate surface area is 131 Å². The van der Waals surface area contributed by atoms with Crippen molar-refractivity contribution in [2.75, 3.05) is 7.11 Å². The standard InChI is InChI=1S/C16H14N2O3S/c1-20-13-6-4-11(5-7-13)14-9-12(18-21-14)10-17-16(19)15-3-2-8-22-15/h2-9H,10H2,1H3,(H,17,19). The first kappa shape index (κ1) is 14.3. The summed E-state index contributed by atoms with van der Waals surface area (Å²) in [4.78, 5) is 12.5. The van der Waals surface area contributed by atoms with Crippen LogP contribution in [0.25, 0.3) is 11.3 Å². The predicted octanol–water partition coefficient (Wildman–Crippen LogP) is 3.34. The Morgan fingerprint density at radius 2 is 2.14 bits per heavy atom. The van der Waals surface area contributed by atoms with E-state index in [0.29, 0.717) is 22.9 Å². The Hall–Kier alpha value is -2.60. The molecule has 112 valence electrons. The van der Waals surface area contributed by atoms with Crippen LogP contribution >= 0.6 is 11.3 Å². The maximum absolute atomic E-state index is 11.9. The number of carbonyl (C=O) groups is 1. The second kappa shape index (κ2) is 6.44. The number of ether oxygens (including phenoxy) is 1. The van der Waals surface area contributed by atoms with Gasteiger partial charge in [0, 0.05) is 11.6 Å². The zero-order chi connectivity index (χ0) is 15.4. The maximum Gasteiger partial charge on any atom is 0.261 e. The van der Waals surface area contributed by atoms with Crippen molar-refractivity contribution >= 4 is 17.2 Å². The molecule has 6 heteroatoms. The number of rotatable bonds is 5. The minimum absolute atomic E-state index is 0.107. The second-order valence-electron chi connectivity index (χ2n) is 4.57. The summed E-state index contributed by atoms with van der Waals surface area (Å²) in [6.45, 7) is 0.330. The molecule has 0 atom stereocenters. The summed E-state index contributed by atoms with van der Waals surface area (Å²) >= 11 is 1.40. The van der Waals surface area contributed by atoms with Crippen molar-refractivity contribution in [3.8, 4) is 17.1 Å². The van der Waals surface area contributed by atoms with Gasteiger partial charge in [-0.3, -0.25) is 4.79 Å². The Morgan fingerprint density at radius 3 is 2.82 bits per heavy atom. The van der Waals surface area contributed by atoms with Crippen molar-refractivity contribution in [3.05, 3.63) is 58.4 Å². The van der Waals surface area contributed by atoms with E-state index in [1.165, 1.54) is 11.3 Å². The number of aromatic nitrogens is 1. The van der Waals surface area contributed by atoms with Crippen LogP contribution in [0.15, 0.2) is 52.4 Å². The van der Waals surface area contributed by atoms with Crippen molar-refractivity contribution in [2.45, 2.75) is 6.54 Å². The molecule has 0 radical (unpaired) electrons. The van der Waals surface area contributed by atoms with Gasteiger partial charge in [0.05, 0.1) is 18.5 Å². The fraction of sp³-hybridized carbons (Fsp3) is 0.125.